The number of rotatable bonds is 3. The van der Waals surface area contributed by atoms with Gasteiger partial charge in [0.1, 0.15) is 16.9 Å². The number of nitrogens with zero attached hydrogens (tertiary/aromatic N) is 6. The molecule has 0 saturated heterocycles. The first-order chi connectivity index (χ1) is 13.9. The lowest BCUT2D eigenvalue weighted by Crippen LogP contribution is -1.99. The Morgan fingerprint density at radius 3 is 1.96 bits per heavy atom. The van der Waals surface area contributed by atoms with Crippen molar-refractivity contribution >= 4 is 11.0 Å². The highest BCUT2D eigenvalue weighted by Crippen LogP contribution is 2.27. The van der Waals surface area contributed by atoms with Crippen LogP contribution < -0.4 is 0 Å². The van der Waals surface area contributed by atoms with Crippen LogP contribution in [-0.2, 0) is 0 Å². The molecule has 0 radical (unpaired) electrons. The highest BCUT2D eigenvalue weighted by Gasteiger charge is 2.14. The van der Waals surface area contributed by atoms with Gasteiger partial charge in [0, 0.05) is 18.6 Å². The molecule has 6 nitrogen and oxygen atoms in total. The normalized spacial score (nSPS) is 10.9. The molecular formula is C22H14N6. The Labute approximate surface area is 161 Å². The van der Waals surface area contributed by atoms with Crippen molar-refractivity contribution in [2.24, 2.45) is 0 Å². The van der Waals surface area contributed by atoms with Crippen molar-refractivity contribution in [2.75, 3.05) is 0 Å². The van der Waals surface area contributed by atoms with Gasteiger partial charge in [0.15, 0.2) is 5.82 Å². The molecule has 0 unspecified atom stereocenters. The summed E-state index contributed by atoms with van der Waals surface area (Å²) in [7, 11) is 0. The molecule has 0 aromatic carbocycles. The van der Waals surface area contributed by atoms with E-state index in [1.54, 1.807) is 18.6 Å². The highest BCUT2D eigenvalue weighted by atomic mass is 15.0. The quantitative estimate of drug-likeness (QED) is 0.478. The van der Waals surface area contributed by atoms with Gasteiger partial charge < -0.3 is 0 Å². The molecule has 0 amide bonds. The molecular weight excluding hydrogens is 348 g/mol. The smallest absolute Gasteiger partial charge is 0.179 e. The van der Waals surface area contributed by atoms with E-state index in [2.05, 4.69) is 19.9 Å². The summed E-state index contributed by atoms with van der Waals surface area (Å²) in [5, 5.41) is 0. The Kier molecular flexibility index (Phi) is 3.99. The summed E-state index contributed by atoms with van der Waals surface area (Å²) in [5.74, 6) is 0.543. The van der Waals surface area contributed by atoms with Crippen LogP contribution in [0.1, 0.15) is 0 Å². The molecule has 0 aliphatic heterocycles. The van der Waals surface area contributed by atoms with E-state index in [4.69, 9.17) is 9.97 Å². The first-order valence-electron chi connectivity index (χ1n) is 8.81. The third-order valence-electron chi connectivity index (χ3n) is 4.27. The van der Waals surface area contributed by atoms with Crippen molar-refractivity contribution in [3.8, 4) is 34.3 Å². The maximum Gasteiger partial charge on any atom is 0.179 e. The molecule has 6 heteroatoms. The number of hydrogen-bond donors (Lipinski definition) is 0. The lowest BCUT2D eigenvalue weighted by molar-refractivity contribution is 1.15. The average Bonchev–Trinajstić information content (AvgIpc) is 2.79. The first kappa shape index (κ1) is 16.1. The van der Waals surface area contributed by atoms with Gasteiger partial charge in [-0.25, -0.2) is 15.0 Å². The van der Waals surface area contributed by atoms with E-state index in [1.165, 1.54) is 0 Å². The number of aromatic nitrogens is 6. The third-order valence-corrected chi connectivity index (χ3v) is 4.27. The molecule has 132 valence electrons. The van der Waals surface area contributed by atoms with Crippen molar-refractivity contribution in [1.82, 2.24) is 29.9 Å². The Morgan fingerprint density at radius 1 is 0.464 bits per heavy atom. The van der Waals surface area contributed by atoms with Crippen LogP contribution in [0, 0.1) is 0 Å². The molecule has 5 heterocycles. The first-order valence-corrected chi connectivity index (χ1v) is 8.81. The lowest BCUT2D eigenvalue weighted by atomic mass is 10.1. The summed E-state index contributed by atoms with van der Waals surface area (Å²) < 4.78 is 0. The molecule has 0 atom stereocenters. The SMILES string of the molecule is c1ccc(-c2cccc(-c3nc(-c4ccccn4)nc4cccnc34)n2)nc1. The van der Waals surface area contributed by atoms with Crippen LogP contribution in [0.3, 0.4) is 0 Å². The van der Waals surface area contributed by atoms with Gasteiger partial charge in [-0.1, -0.05) is 18.2 Å². The average molecular weight is 362 g/mol. The Balaban J connectivity index is 1.73. The van der Waals surface area contributed by atoms with Crippen LogP contribution in [0.25, 0.3) is 45.3 Å². The van der Waals surface area contributed by atoms with Crippen molar-refractivity contribution in [1.29, 1.82) is 0 Å². The minimum atomic E-state index is 0.543. The van der Waals surface area contributed by atoms with E-state index < -0.39 is 0 Å². The lowest BCUT2D eigenvalue weighted by Gasteiger charge is -2.08. The summed E-state index contributed by atoms with van der Waals surface area (Å²) >= 11 is 0. The van der Waals surface area contributed by atoms with Crippen LogP contribution in [0.4, 0.5) is 0 Å². The second-order valence-electron chi connectivity index (χ2n) is 6.10. The molecule has 5 rings (SSSR count). The van der Waals surface area contributed by atoms with Gasteiger partial charge in [0.05, 0.1) is 22.6 Å². The van der Waals surface area contributed by atoms with E-state index >= 15 is 0 Å². The van der Waals surface area contributed by atoms with E-state index in [-0.39, 0.29) is 0 Å². The summed E-state index contributed by atoms with van der Waals surface area (Å²) in [6, 6.07) is 21.0. The molecule has 0 saturated carbocycles. The molecule has 0 bridgehead atoms. The summed E-state index contributed by atoms with van der Waals surface area (Å²) in [4.78, 5) is 27.4. The molecule has 0 aliphatic carbocycles. The Bertz CT molecular complexity index is 1260. The second-order valence-corrected chi connectivity index (χ2v) is 6.10. The topological polar surface area (TPSA) is 77.3 Å². The minimum Gasteiger partial charge on any atom is -0.255 e. The van der Waals surface area contributed by atoms with Gasteiger partial charge in [-0.05, 0) is 48.5 Å². The van der Waals surface area contributed by atoms with Crippen molar-refractivity contribution in [3.05, 3.63) is 85.3 Å². The zero-order valence-electron chi connectivity index (χ0n) is 14.8. The number of hydrogen-bond acceptors (Lipinski definition) is 6. The molecule has 28 heavy (non-hydrogen) atoms. The van der Waals surface area contributed by atoms with Crippen LogP contribution in [0.5, 0.6) is 0 Å². The fourth-order valence-corrected chi connectivity index (χ4v) is 2.98. The van der Waals surface area contributed by atoms with Gasteiger partial charge >= 0.3 is 0 Å². The van der Waals surface area contributed by atoms with E-state index in [0.29, 0.717) is 28.4 Å². The van der Waals surface area contributed by atoms with Crippen LogP contribution in [0.15, 0.2) is 85.3 Å². The van der Waals surface area contributed by atoms with Crippen molar-refractivity contribution < 1.29 is 0 Å². The van der Waals surface area contributed by atoms with Crippen molar-refractivity contribution in [2.45, 2.75) is 0 Å². The van der Waals surface area contributed by atoms with Crippen LogP contribution >= 0.6 is 0 Å². The zero-order chi connectivity index (χ0) is 18.8. The Hall–Kier alpha value is -4.06. The monoisotopic (exact) mass is 362 g/mol. The molecule has 5 aromatic heterocycles. The predicted molar refractivity (Wildman–Crippen MR) is 107 cm³/mol. The minimum absolute atomic E-state index is 0.543. The largest absolute Gasteiger partial charge is 0.255 e. The van der Waals surface area contributed by atoms with Crippen molar-refractivity contribution in [3.63, 3.8) is 0 Å². The summed E-state index contributed by atoms with van der Waals surface area (Å²) in [6.45, 7) is 0. The van der Waals surface area contributed by atoms with E-state index in [1.807, 2.05) is 66.7 Å². The second kappa shape index (κ2) is 6.92. The molecule has 0 N–H and O–H groups in total. The predicted octanol–water partition coefficient (Wildman–Crippen LogP) is 4.21. The standard InChI is InChI=1S/C22H14N6/c1-3-12-23-15(7-1)16-9-5-10-18(26-16)21-20-17(11-6-14-25-20)27-22(28-21)19-8-2-4-13-24-19/h1-14H. The van der Waals surface area contributed by atoms with Crippen LogP contribution in [0.2, 0.25) is 0 Å². The molecule has 5 aromatic rings. The fraction of sp³-hybridized carbons (Fsp3) is 0. The maximum absolute atomic E-state index is 4.78. The van der Waals surface area contributed by atoms with Gasteiger partial charge in [0.25, 0.3) is 0 Å². The van der Waals surface area contributed by atoms with Gasteiger partial charge in [0.2, 0.25) is 0 Å². The summed E-state index contributed by atoms with van der Waals surface area (Å²) in [6.07, 6.45) is 5.22. The van der Waals surface area contributed by atoms with Gasteiger partial charge in [-0.15, -0.1) is 0 Å². The Morgan fingerprint density at radius 2 is 1.18 bits per heavy atom. The third kappa shape index (κ3) is 2.97. The van der Waals surface area contributed by atoms with Gasteiger partial charge in [-0.2, -0.15) is 0 Å². The highest BCUT2D eigenvalue weighted by molar-refractivity contribution is 5.89. The molecule has 0 spiro atoms. The molecule has 0 aliphatic rings. The van der Waals surface area contributed by atoms with Gasteiger partial charge in [-0.3, -0.25) is 15.0 Å². The zero-order valence-corrected chi connectivity index (χ0v) is 14.8. The maximum atomic E-state index is 4.78. The fourth-order valence-electron chi connectivity index (χ4n) is 2.98. The number of fused-ring (bicyclic) bond motifs is 1. The van der Waals surface area contributed by atoms with E-state index in [0.717, 1.165) is 16.9 Å². The van der Waals surface area contributed by atoms with Crippen LogP contribution in [-0.4, -0.2) is 29.9 Å². The summed E-state index contributed by atoms with van der Waals surface area (Å²) in [5.41, 5.74) is 5.12. The van der Waals surface area contributed by atoms with E-state index in [9.17, 15) is 0 Å². The number of pyridine rings is 4. The molecule has 0 fully saturated rings.